The van der Waals surface area contributed by atoms with Crippen LogP contribution in [0.3, 0.4) is 0 Å². The Morgan fingerprint density at radius 1 is 1.22 bits per heavy atom. The second-order valence-electron chi connectivity index (χ2n) is 10.3. The molecule has 2 aliphatic rings. The number of rotatable bonds is 3. The number of nitrogens with zero attached hydrogens (tertiary/aromatic N) is 3. The number of hydrogen-bond acceptors (Lipinski definition) is 6. The number of benzene rings is 1. The highest BCUT2D eigenvalue weighted by Gasteiger charge is 2.28. The van der Waals surface area contributed by atoms with Crippen LogP contribution in [0.25, 0.3) is 22.3 Å². The first kappa shape index (κ1) is 23.8. The molecule has 0 aliphatic carbocycles. The van der Waals surface area contributed by atoms with Gasteiger partial charge >= 0.3 is 6.09 Å². The number of ether oxygens (including phenoxy) is 1. The van der Waals surface area contributed by atoms with E-state index in [1.807, 2.05) is 52.0 Å². The van der Waals surface area contributed by atoms with E-state index in [4.69, 9.17) is 14.7 Å². The molecule has 36 heavy (non-hydrogen) atoms. The van der Waals surface area contributed by atoms with Gasteiger partial charge in [0.05, 0.1) is 16.8 Å². The Balaban J connectivity index is 1.53. The lowest BCUT2D eigenvalue weighted by atomic mass is 9.94. The average molecular weight is 489 g/mol. The molecule has 2 amide bonds. The third kappa shape index (κ3) is 4.78. The van der Waals surface area contributed by atoms with Crippen LogP contribution in [0.1, 0.15) is 54.9 Å². The smallest absolute Gasteiger partial charge is 0.407 e. The molecule has 0 saturated heterocycles. The van der Waals surface area contributed by atoms with Crippen molar-refractivity contribution in [3.05, 3.63) is 53.4 Å². The van der Waals surface area contributed by atoms with E-state index < -0.39 is 11.7 Å². The van der Waals surface area contributed by atoms with Crippen LogP contribution >= 0.6 is 0 Å². The molecule has 2 aromatic heterocycles. The number of para-hydroxylation sites is 1. The lowest BCUT2D eigenvalue weighted by Crippen LogP contribution is -2.38. The minimum Gasteiger partial charge on any atom is -0.444 e. The molecular weight excluding hydrogens is 456 g/mol. The van der Waals surface area contributed by atoms with E-state index in [0.29, 0.717) is 31.7 Å². The van der Waals surface area contributed by atoms with Gasteiger partial charge in [-0.05, 0) is 46.2 Å². The van der Waals surface area contributed by atoms with Gasteiger partial charge in [-0.15, -0.1) is 0 Å². The van der Waals surface area contributed by atoms with Crippen LogP contribution < -0.4 is 15.5 Å². The normalized spacial score (nSPS) is 18.2. The molecule has 2 aliphatic heterocycles. The fraction of sp³-hybridized carbons (Fsp3) is 0.407. The minimum atomic E-state index is -0.550. The van der Waals surface area contributed by atoms with Crippen molar-refractivity contribution >= 4 is 28.9 Å². The summed E-state index contributed by atoms with van der Waals surface area (Å²) in [6.45, 7) is 9.63. The fourth-order valence-electron chi connectivity index (χ4n) is 4.77. The van der Waals surface area contributed by atoms with E-state index in [9.17, 15) is 9.59 Å². The molecule has 0 saturated carbocycles. The maximum Gasteiger partial charge on any atom is 0.407 e. The zero-order valence-corrected chi connectivity index (χ0v) is 21.1. The summed E-state index contributed by atoms with van der Waals surface area (Å²) in [6.07, 6.45) is 4.61. The third-order valence-corrected chi connectivity index (χ3v) is 6.41. The molecule has 1 atom stereocenters. The Hall–Kier alpha value is -3.88. The van der Waals surface area contributed by atoms with Crippen molar-refractivity contribution in [2.75, 3.05) is 31.1 Å². The number of fused-ring (bicyclic) bond motifs is 3. The van der Waals surface area contributed by atoms with Gasteiger partial charge in [0.25, 0.3) is 5.91 Å². The van der Waals surface area contributed by atoms with E-state index >= 15 is 0 Å². The highest BCUT2D eigenvalue weighted by Crippen LogP contribution is 2.34. The van der Waals surface area contributed by atoms with Gasteiger partial charge in [-0.2, -0.15) is 0 Å². The van der Waals surface area contributed by atoms with Crippen LogP contribution in [-0.4, -0.2) is 58.7 Å². The zero-order chi connectivity index (χ0) is 25.4. The maximum atomic E-state index is 12.6. The summed E-state index contributed by atoms with van der Waals surface area (Å²) in [5.41, 5.74) is 5.24. The van der Waals surface area contributed by atoms with Crippen molar-refractivity contribution in [1.82, 2.24) is 25.6 Å². The molecule has 0 radical (unpaired) electrons. The summed E-state index contributed by atoms with van der Waals surface area (Å²) in [5, 5.41) is 5.86. The van der Waals surface area contributed by atoms with E-state index in [1.54, 1.807) is 0 Å². The Bertz CT molecular complexity index is 1350. The van der Waals surface area contributed by atoms with Crippen LogP contribution in [0, 0.1) is 6.92 Å². The molecule has 3 aromatic rings. The molecule has 0 unspecified atom stereocenters. The Morgan fingerprint density at radius 2 is 2.06 bits per heavy atom. The van der Waals surface area contributed by atoms with Gasteiger partial charge in [-0.1, -0.05) is 24.3 Å². The number of aromatic nitrogens is 3. The predicted molar refractivity (Wildman–Crippen MR) is 139 cm³/mol. The van der Waals surface area contributed by atoms with Crippen molar-refractivity contribution in [1.29, 1.82) is 0 Å². The fourth-order valence-corrected chi connectivity index (χ4v) is 4.77. The van der Waals surface area contributed by atoms with Crippen molar-refractivity contribution < 1.29 is 14.3 Å². The maximum absolute atomic E-state index is 12.6. The van der Waals surface area contributed by atoms with Gasteiger partial charge in [0.2, 0.25) is 0 Å². The Kier molecular flexibility index (Phi) is 6.15. The molecule has 5 rings (SSSR count). The average Bonchev–Trinajstić information content (AvgIpc) is 3.26. The molecule has 188 valence electrons. The third-order valence-electron chi connectivity index (χ3n) is 6.41. The first-order valence-electron chi connectivity index (χ1n) is 12.4. The van der Waals surface area contributed by atoms with Crippen LogP contribution in [0.5, 0.6) is 0 Å². The largest absolute Gasteiger partial charge is 0.444 e. The Morgan fingerprint density at radius 3 is 2.86 bits per heavy atom. The van der Waals surface area contributed by atoms with Gasteiger partial charge in [0.1, 0.15) is 11.1 Å². The molecule has 1 aromatic carbocycles. The number of H-pyrrole nitrogens is 1. The quantitative estimate of drug-likeness (QED) is 0.480. The first-order chi connectivity index (χ1) is 17.2. The Labute approximate surface area is 210 Å². The highest BCUT2D eigenvalue weighted by atomic mass is 16.6. The van der Waals surface area contributed by atoms with Crippen molar-refractivity contribution in [2.24, 2.45) is 0 Å². The second-order valence-corrected chi connectivity index (χ2v) is 10.3. The topological polar surface area (TPSA) is 112 Å². The van der Waals surface area contributed by atoms with Crippen LogP contribution in [0.15, 0.2) is 36.4 Å². The van der Waals surface area contributed by atoms with E-state index in [0.717, 1.165) is 45.9 Å². The number of carbonyl (C=O) groups is 2. The second kappa shape index (κ2) is 9.29. The van der Waals surface area contributed by atoms with Crippen LogP contribution in [-0.2, 0) is 4.74 Å². The van der Waals surface area contributed by atoms with Gasteiger partial charge in [-0.3, -0.25) is 4.79 Å². The van der Waals surface area contributed by atoms with Gasteiger partial charge in [0.15, 0.2) is 5.82 Å². The van der Waals surface area contributed by atoms with Gasteiger partial charge in [-0.25, -0.2) is 14.8 Å². The lowest BCUT2D eigenvalue weighted by molar-refractivity contribution is 0.0529. The molecule has 4 bridgehead atoms. The molecule has 9 heteroatoms. The van der Waals surface area contributed by atoms with Gasteiger partial charge in [0, 0.05) is 49.0 Å². The summed E-state index contributed by atoms with van der Waals surface area (Å²) in [6, 6.07) is 7.84. The standard InChI is InChI=1S/C27H32N6O3/c1-16-24-32-23-18(9-7-10-20(23)30-16)21-14-19-22(31-21)17(15-29-25(19)34)8-5-6-12-33(24)13-11-28-26(35)36-27(2,3)4/h5-7,9-10,14,17,31H,8,11-13,15H2,1-4H3,(H,28,35)(H,29,34)/b6-5+/t17-/m0/s1. The molecule has 3 N–H and O–H groups in total. The number of carbonyl (C=O) groups excluding carboxylic acids is 2. The summed E-state index contributed by atoms with van der Waals surface area (Å²) in [5.74, 6) is 0.880. The first-order valence-corrected chi connectivity index (χ1v) is 12.4. The number of aromatic amines is 1. The number of alkyl carbamates (subject to hydrolysis) is 1. The summed E-state index contributed by atoms with van der Waals surface area (Å²) >= 11 is 0. The van der Waals surface area contributed by atoms with Crippen LogP contribution in [0.4, 0.5) is 10.6 Å². The number of anilines is 1. The number of amides is 2. The van der Waals surface area contributed by atoms with Crippen molar-refractivity contribution in [2.45, 2.75) is 45.6 Å². The van der Waals surface area contributed by atoms with Crippen molar-refractivity contribution in [3.63, 3.8) is 0 Å². The number of hydrogen-bond donors (Lipinski definition) is 3. The van der Waals surface area contributed by atoms with E-state index in [2.05, 4.69) is 32.7 Å². The predicted octanol–water partition coefficient (Wildman–Crippen LogP) is 4.05. The molecule has 0 fully saturated rings. The molecular formula is C27H32N6O3. The monoisotopic (exact) mass is 488 g/mol. The van der Waals surface area contributed by atoms with E-state index in [1.165, 1.54) is 0 Å². The summed E-state index contributed by atoms with van der Waals surface area (Å²) in [4.78, 5) is 40.3. The SMILES string of the molecule is Cc1nc2cccc3c2nc1N(CCNC(=O)OC(C)(C)C)C/C=C/C[C@H]1CNC(=O)c2cc-3[nH]c21. The molecule has 0 spiro atoms. The van der Waals surface area contributed by atoms with E-state index in [-0.39, 0.29) is 11.8 Å². The highest BCUT2D eigenvalue weighted by molar-refractivity contribution is 6.00. The lowest BCUT2D eigenvalue weighted by Gasteiger charge is -2.25. The molecule has 9 nitrogen and oxygen atoms in total. The summed E-state index contributed by atoms with van der Waals surface area (Å²) in [7, 11) is 0. The molecule has 4 heterocycles. The number of allylic oxidation sites excluding steroid dienone is 1. The number of aryl methyl sites for hydroxylation is 1. The number of nitrogens with one attached hydrogen (secondary N) is 3. The zero-order valence-electron chi connectivity index (χ0n) is 21.1. The summed E-state index contributed by atoms with van der Waals surface area (Å²) < 4.78 is 5.37. The van der Waals surface area contributed by atoms with Gasteiger partial charge < -0.3 is 25.3 Å². The minimum absolute atomic E-state index is 0.0497. The van der Waals surface area contributed by atoms with Crippen LogP contribution in [0.2, 0.25) is 0 Å². The van der Waals surface area contributed by atoms with Crippen molar-refractivity contribution in [3.8, 4) is 11.3 Å².